The number of hydrogen-bond donors (Lipinski definition) is 1. The highest BCUT2D eigenvalue weighted by Crippen LogP contribution is 2.28. The van der Waals surface area contributed by atoms with Gasteiger partial charge in [0.1, 0.15) is 5.75 Å². The quantitative estimate of drug-likeness (QED) is 0.630. The van der Waals surface area contributed by atoms with Crippen molar-refractivity contribution in [1.29, 1.82) is 0 Å². The maximum atomic E-state index is 12.6. The van der Waals surface area contributed by atoms with Crippen molar-refractivity contribution >= 4 is 23.4 Å². The maximum Gasteiger partial charge on any atom is 0.237 e. The summed E-state index contributed by atoms with van der Waals surface area (Å²) in [7, 11) is 1.88. The van der Waals surface area contributed by atoms with E-state index in [0.717, 1.165) is 11.4 Å². The summed E-state index contributed by atoms with van der Waals surface area (Å²) in [6.45, 7) is 4.28. The highest BCUT2D eigenvalue weighted by Gasteiger charge is 2.20. The number of carbonyl (C=O) groups is 1. The highest BCUT2D eigenvalue weighted by molar-refractivity contribution is 8.00. The van der Waals surface area contributed by atoms with E-state index in [-0.39, 0.29) is 11.2 Å². The first-order valence-corrected chi connectivity index (χ1v) is 9.47. The van der Waals surface area contributed by atoms with Crippen LogP contribution < -0.4 is 10.1 Å². The van der Waals surface area contributed by atoms with Crippen LogP contribution in [0.4, 0.5) is 5.69 Å². The molecule has 8 heteroatoms. The van der Waals surface area contributed by atoms with Crippen molar-refractivity contribution in [2.75, 3.05) is 11.9 Å². The fourth-order valence-corrected chi connectivity index (χ4v) is 3.28. The molecule has 0 bridgehead atoms. The average Bonchev–Trinajstić information content (AvgIpc) is 3.04. The summed E-state index contributed by atoms with van der Waals surface area (Å²) < 4.78 is 7.43. The molecular formula is C19H21N5O2S. The summed E-state index contributed by atoms with van der Waals surface area (Å²) in [5.74, 6) is 1.26. The normalized spacial score (nSPS) is 11.8. The van der Waals surface area contributed by atoms with E-state index in [1.54, 1.807) is 12.4 Å². The molecule has 0 saturated heterocycles. The lowest BCUT2D eigenvalue weighted by molar-refractivity contribution is -0.115. The van der Waals surface area contributed by atoms with Crippen LogP contribution in [0, 0.1) is 0 Å². The second-order valence-corrected chi connectivity index (χ2v) is 7.09. The lowest BCUT2D eigenvalue weighted by atomic mass is 10.2. The van der Waals surface area contributed by atoms with Gasteiger partial charge in [0.05, 0.1) is 17.5 Å². The summed E-state index contributed by atoms with van der Waals surface area (Å²) in [6.07, 6.45) is 3.42. The smallest absolute Gasteiger partial charge is 0.237 e. The third-order valence-electron chi connectivity index (χ3n) is 3.87. The minimum Gasteiger partial charge on any atom is -0.492 e. The molecule has 1 N–H and O–H groups in total. The van der Waals surface area contributed by atoms with Gasteiger partial charge in [0, 0.05) is 25.0 Å². The Morgan fingerprint density at radius 3 is 2.70 bits per heavy atom. The molecule has 3 rings (SSSR count). The number of thioether (sulfide) groups is 1. The minimum atomic E-state index is -0.354. The molecule has 0 spiro atoms. The van der Waals surface area contributed by atoms with Crippen molar-refractivity contribution in [3.05, 3.63) is 48.8 Å². The van der Waals surface area contributed by atoms with Crippen molar-refractivity contribution in [3.63, 3.8) is 0 Å². The summed E-state index contributed by atoms with van der Waals surface area (Å²) in [6, 6.07) is 11.1. The molecule has 0 radical (unpaired) electrons. The maximum absolute atomic E-state index is 12.6. The molecular weight excluding hydrogens is 362 g/mol. The van der Waals surface area contributed by atoms with Gasteiger partial charge in [-0.1, -0.05) is 23.9 Å². The number of nitrogens with one attached hydrogen (secondary N) is 1. The van der Waals surface area contributed by atoms with E-state index < -0.39 is 0 Å². The molecule has 140 valence electrons. The first-order valence-electron chi connectivity index (χ1n) is 8.59. The van der Waals surface area contributed by atoms with Crippen LogP contribution in [-0.4, -0.2) is 37.5 Å². The molecule has 7 nitrogen and oxygen atoms in total. The molecule has 0 aliphatic heterocycles. The van der Waals surface area contributed by atoms with Crippen molar-refractivity contribution in [1.82, 2.24) is 19.7 Å². The van der Waals surface area contributed by atoms with Gasteiger partial charge >= 0.3 is 0 Å². The molecule has 1 amide bonds. The number of amides is 1. The average molecular weight is 383 g/mol. The van der Waals surface area contributed by atoms with Gasteiger partial charge < -0.3 is 14.6 Å². The fraction of sp³-hybridized carbons (Fsp3) is 0.263. The Morgan fingerprint density at radius 2 is 1.96 bits per heavy atom. The lowest BCUT2D eigenvalue weighted by Crippen LogP contribution is -2.23. The van der Waals surface area contributed by atoms with Crippen LogP contribution in [0.5, 0.6) is 5.75 Å². The number of aromatic nitrogens is 4. The standard InChI is InChI=1S/C19H21N5O2S/c1-4-26-16-8-6-5-7-15(16)21-18(25)13(2)27-19-23-22-17(24(19)3)14-9-11-20-12-10-14/h5-13H,4H2,1-3H3,(H,21,25)/t13-/m0/s1. The number of pyridine rings is 1. The predicted molar refractivity (Wildman–Crippen MR) is 106 cm³/mol. The van der Waals surface area contributed by atoms with Crippen molar-refractivity contribution < 1.29 is 9.53 Å². The molecule has 1 aromatic carbocycles. The molecule has 0 aliphatic rings. The third kappa shape index (κ3) is 4.46. The number of hydrogen-bond acceptors (Lipinski definition) is 6. The summed E-state index contributed by atoms with van der Waals surface area (Å²) in [4.78, 5) is 16.6. The van der Waals surface area contributed by atoms with Crippen LogP contribution >= 0.6 is 11.8 Å². The second kappa shape index (κ2) is 8.68. The third-order valence-corrected chi connectivity index (χ3v) is 5.00. The van der Waals surface area contributed by atoms with Gasteiger partial charge in [0.2, 0.25) is 5.91 Å². The number of rotatable bonds is 7. The highest BCUT2D eigenvalue weighted by atomic mass is 32.2. The Balaban J connectivity index is 1.70. The van der Waals surface area contributed by atoms with Crippen molar-refractivity contribution in [2.45, 2.75) is 24.3 Å². The molecule has 2 aromatic heterocycles. The zero-order chi connectivity index (χ0) is 19.2. The summed E-state index contributed by atoms with van der Waals surface area (Å²) in [5.41, 5.74) is 1.59. The fourth-order valence-electron chi connectivity index (χ4n) is 2.47. The Hall–Kier alpha value is -2.87. The Labute approximate surface area is 162 Å². The topological polar surface area (TPSA) is 81.9 Å². The van der Waals surface area contributed by atoms with Crippen LogP contribution in [0.25, 0.3) is 11.4 Å². The first-order chi connectivity index (χ1) is 13.1. The van der Waals surface area contributed by atoms with Gasteiger partial charge in [-0.3, -0.25) is 9.78 Å². The molecule has 0 aliphatic carbocycles. The number of carbonyl (C=O) groups excluding carboxylic acids is 1. The molecule has 0 saturated carbocycles. The van der Waals surface area contributed by atoms with E-state index in [4.69, 9.17) is 4.74 Å². The van der Waals surface area contributed by atoms with Gasteiger partial charge in [0.25, 0.3) is 0 Å². The van der Waals surface area contributed by atoms with Crippen LogP contribution in [0.15, 0.2) is 53.9 Å². The monoisotopic (exact) mass is 383 g/mol. The van der Waals surface area contributed by atoms with Crippen LogP contribution in [0.2, 0.25) is 0 Å². The molecule has 0 unspecified atom stereocenters. The van der Waals surface area contributed by atoms with Gasteiger partial charge in [-0.05, 0) is 38.1 Å². The molecule has 2 heterocycles. The van der Waals surface area contributed by atoms with E-state index in [1.807, 2.05) is 61.9 Å². The van der Waals surface area contributed by atoms with Crippen LogP contribution in [0.1, 0.15) is 13.8 Å². The van der Waals surface area contributed by atoms with Crippen molar-refractivity contribution in [3.8, 4) is 17.1 Å². The zero-order valence-corrected chi connectivity index (χ0v) is 16.2. The first kappa shape index (κ1) is 18.9. The van der Waals surface area contributed by atoms with E-state index in [2.05, 4.69) is 20.5 Å². The number of nitrogens with zero attached hydrogens (tertiary/aromatic N) is 4. The Kier molecular flexibility index (Phi) is 6.08. The van der Waals surface area contributed by atoms with Crippen LogP contribution in [0.3, 0.4) is 0 Å². The number of anilines is 1. The molecule has 1 atom stereocenters. The molecule has 0 fully saturated rings. The van der Waals surface area contributed by atoms with Gasteiger partial charge in [0.15, 0.2) is 11.0 Å². The summed E-state index contributed by atoms with van der Waals surface area (Å²) in [5, 5.41) is 11.7. The minimum absolute atomic E-state index is 0.124. The predicted octanol–water partition coefficient (Wildman–Crippen LogP) is 3.40. The Bertz CT molecular complexity index is 913. The van der Waals surface area contributed by atoms with Gasteiger partial charge in [-0.25, -0.2) is 0 Å². The lowest BCUT2D eigenvalue weighted by Gasteiger charge is -2.14. The largest absolute Gasteiger partial charge is 0.492 e. The van der Waals surface area contributed by atoms with E-state index >= 15 is 0 Å². The number of para-hydroxylation sites is 2. The van der Waals surface area contributed by atoms with Gasteiger partial charge in [-0.15, -0.1) is 10.2 Å². The molecule has 3 aromatic rings. The van der Waals surface area contributed by atoms with Crippen LogP contribution in [-0.2, 0) is 11.8 Å². The number of ether oxygens (including phenoxy) is 1. The van der Waals surface area contributed by atoms with E-state index in [1.165, 1.54) is 11.8 Å². The van der Waals surface area contributed by atoms with E-state index in [9.17, 15) is 4.79 Å². The van der Waals surface area contributed by atoms with Crippen molar-refractivity contribution in [2.24, 2.45) is 7.05 Å². The Morgan fingerprint density at radius 1 is 1.22 bits per heavy atom. The number of benzene rings is 1. The zero-order valence-electron chi connectivity index (χ0n) is 15.4. The van der Waals surface area contributed by atoms with Gasteiger partial charge in [-0.2, -0.15) is 0 Å². The second-order valence-electron chi connectivity index (χ2n) is 5.78. The van der Waals surface area contributed by atoms with E-state index in [0.29, 0.717) is 23.2 Å². The summed E-state index contributed by atoms with van der Waals surface area (Å²) >= 11 is 1.35. The SMILES string of the molecule is CCOc1ccccc1NC(=O)[C@H](C)Sc1nnc(-c2ccncc2)n1C. The molecule has 27 heavy (non-hydrogen) atoms.